The van der Waals surface area contributed by atoms with Crippen molar-refractivity contribution in [3.05, 3.63) is 64.5 Å². The normalized spacial score (nSPS) is 10.8. The van der Waals surface area contributed by atoms with Crippen LogP contribution in [0.4, 0.5) is 0 Å². The summed E-state index contributed by atoms with van der Waals surface area (Å²) in [6.45, 7) is 0.0438. The first-order chi connectivity index (χ1) is 10.2. The Hall–Kier alpha value is -1.45. The van der Waals surface area contributed by atoms with Crippen LogP contribution in [0.3, 0.4) is 0 Å². The van der Waals surface area contributed by atoms with Crippen molar-refractivity contribution in [2.24, 2.45) is 0 Å². The van der Waals surface area contributed by atoms with Gasteiger partial charge in [-0.2, -0.15) is 0 Å². The van der Waals surface area contributed by atoms with Crippen LogP contribution in [0.5, 0.6) is 0 Å². The zero-order valence-electron chi connectivity index (χ0n) is 11.8. The summed E-state index contributed by atoms with van der Waals surface area (Å²) in [6, 6.07) is 9.78. The number of benzene rings is 1. The molecule has 0 bridgehead atoms. The highest BCUT2D eigenvalue weighted by atomic mass is 127. The minimum absolute atomic E-state index is 0.0618. The number of aromatic nitrogens is 2. The van der Waals surface area contributed by atoms with Gasteiger partial charge in [0.1, 0.15) is 13.5 Å². The van der Waals surface area contributed by atoms with Crippen LogP contribution >= 0.6 is 0 Å². The average Bonchev–Trinajstić information content (AvgIpc) is 2.50. The second-order valence-corrected chi connectivity index (χ2v) is 7.14. The van der Waals surface area contributed by atoms with Gasteiger partial charge in [0.25, 0.3) is 3.57 Å². The Labute approximate surface area is 132 Å². The van der Waals surface area contributed by atoms with Crippen molar-refractivity contribution in [1.29, 1.82) is 0 Å². The molecule has 7 heteroatoms. The van der Waals surface area contributed by atoms with Crippen LogP contribution in [0.1, 0.15) is 0 Å². The van der Waals surface area contributed by atoms with E-state index >= 15 is 0 Å². The molecule has 21 heavy (non-hydrogen) atoms. The third-order valence-corrected chi connectivity index (χ3v) is 5.33. The quantitative estimate of drug-likeness (QED) is 0.495. The fourth-order valence-electron chi connectivity index (χ4n) is 1.75. The Morgan fingerprint density at radius 1 is 1.05 bits per heavy atom. The lowest BCUT2D eigenvalue weighted by Crippen LogP contribution is -3.62. The highest BCUT2D eigenvalue weighted by Crippen LogP contribution is 1.84. The largest absolute Gasteiger partial charge is 0.365 e. The summed E-state index contributed by atoms with van der Waals surface area (Å²) in [6.07, 6.45) is 1.60. The molecule has 1 aromatic heterocycles. The molecular formula is C14H16IN2O4+. The van der Waals surface area contributed by atoms with Crippen molar-refractivity contribution in [1.82, 2.24) is 9.13 Å². The van der Waals surface area contributed by atoms with E-state index in [-0.39, 0.29) is 19.0 Å². The predicted octanol–water partition coefficient (Wildman–Crippen LogP) is -2.65. The minimum Gasteiger partial charge on any atom is -0.364 e. The van der Waals surface area contributed by atoms with E-state index < -0.39 is 26.9 Å². The van der Waals surface area contributed by atoms with Gasteiger partial charge in [0.2, 0.25) is 0 Å². The number of hydrogen-bond donors (Lipinski definition) is 0. The Kier molecular flexibility index (Phi) is 5.71. The van der Waals surface area contributed by atoms with Crippen LogP contribution < -0.4 is 32.5 Å². The van der Waals surface area contributed by atoms with Gasteiger partial charge < -0.3 is 9.47 Å². The summed E-state index contributed by atoms with van der Waals surface area (Å²) in [5.41, 5.74) is -0.713. The average molecular weight is 403 g/mol. The zero-order chi connectivity index (χ0) is 15.2. The van der Waals surface area contributed by atoms with Crippen LogP contribution in [0.25, 0.3) is 0 Å². The van der Waals surface area contributed by atoms with E-state index in [9.17, 15) is 9.59 Å². The van der Waals surface area contributed by atoms with E-state index in [4.69, 9.17) is 9.47 Å². The first kappa shape index (κ1) is 15.9. The highest BCUT2D eigenvalue weighted by Gasteiger charge is 2.24. The molecule has 0 radical (unpaired) electrons. The lowest BCUT2D eigenvalue weighted by molar-refractivity contribution is -0.600. The highest BCUT2D eigenvalue weighted by molar-refractivity contribution is 5.00. The van der Waals surface area contributed by atoms with Gasteiger partial charge in [-0.05, 0) is 12.1 Å². The summed E-state index contributed by atoms with van der Waals surface area (Å²) < 4.78 is 14.2. The molecule has 0 saturated heterocycles. The van der Waals surface area contributed by atoms with Crippen molar-refractivity contribution in [3.8, 4) is 0 Å². The van der Waals surface area contributed by atoms with Crippen LogP contribution in [0.2, 0.25) is 0 Å². The number of rotatable bonds is 6. The van der Waals surface area contributed by atoms with Gasteiger partial charge in [-0.15, -0.1) is 0 Å². The first-order valence-electron chi connectivity index (χ1n) is 6.19. The molecule has 2 aromatic rings. The standard InChI is InChI=1S/C14H16IN2O4/c1-20-9-16-8-12(15-11-6-4-3-5-7-11)13(18)17(10-21-2)14(16)19/h3-8H,9-10H2,1-2H3/q+1. The molecule has 0 aliphatic heterocycles. The summed E-state index contributed by atoms with van der Waals surface area (Å²) in [5.74, 6) is 0. The van der Waals surface area contributed by atoms with E-state index in [0.29, 0.717) is 3.57 Å². The number of nitrogens with zero attached hydrogens (tertiary/aromatic N) is 2. The lowest BCUT2D eigenvalue weighted by Gasteiger charge is -2.07. The van der Waals surface area contributed by atoms with Crippen molar-refractivity contribution < 1.29 is 30.7 Å². The zero-order valence-corrected chi connectivity index (χ0v) is 13.9. The molecule has 2 rings (SSSR count). The van der Waals surface area contributed by atoms with Gasteiger partial charge in [-0.25, -0.2) is 9.36 Å². The maximum atomic E-state index is 12.4. The molecule has 0 fully saturated rings. The maximum Gasteiger partial charge on any atom is 0.365 e. The molecule has 0 spiro atoms. The number of ether oxygens (including phenoxy) is 2. The molecular weight excluding hydrogens is 387 g/mol. The molecule has 0 aliphatic carbocycles. The molecule has 0 N–H and O–H groups in total. The SMILES string of the molecule is COCn1cc([I+]c2ccccc2)c(=O)n(COC)c1=O. The van der Waals surface area contributed by atoms with Gasteiger partial charge in [0, 0.05) is 14.2 Å². The lowest BCUT2D eigenvalue weighted by atomic mass is 10.4. The Morgan fingerprint density at radius 3 is 2.33 bits per heavy atom. The molecule has 1 heterocycles. The summed E-state index contributed by atoms with van der Waals surface area (Å²) in [7, 11) is 2.95. The van der Waals surface area contributed by atoms with Gasteiger partial charge in [-0.1, -0.05) is 18.2 Å². The van der Waals surface area contributed by atoms with Crippen LogP contribution in [0, 0.1) is 7.14 Å². The van der Waals surface area contributed by atoms with E-state index in [1.54, 1.807) is 6.20 Å². The minimum atomic E-state index is -0.666. The molecule has 0 unspecified atom stereocenters. The Morgan fingerprint density at radius 2 is 1.71 bits per heavy atom. The van der Waals surface area contributed by atoms with Crippen molar-refractivity contribution >= 4 is 0 Å². The predicted molar refractivity (Wildman–Crippen MR) is 72.8 cm³/mol. The van der Waals surface area contributed by atoms with Crippen LogP contribution in [-0.2, 0) is 22.9 Å². The molecule has 0 atom stereocenters. The first-order valence-corrected chi connectivity index (χ1v) is 8.35. The third kappa shape index (κ3) is 3.80. The van der Waals surface area contributed by atoms with E-state index in [1.807, 2.05) is 30.3 Å². The molecule has 1 aromatic carbocycles. The van der Waals surface area contributed by atoms with E-state index in [1.165, 1.54) is 18.8 Å². The maximum absolute atomic E-state index is 12.4. The number of hydrogen-bond acceptors (Lipinski definition) is 4. The second-order valence-electron chi connectivity index (χ2n) is 4.19. The third-order valence-electron chi connectivity index (χ3n) is 2.67. The van der Waals surface area contributed by atoms with Crippen LogP contribution in [0.15, 0.2) is 46.1 Å². The van der Waals surface area contributed by atoms with Crippen molar-refractivity contribution in [2.45, 2.75) is 13.5 Å². The van der Waals surface area contributed by atoms with Gasteiger partial charge in [0.05, 0.1) is 6.20 Å². The Balaban J connectivity index is 2.49. The van der Waals surface area contributed by atoms with Gasteiger partial charge >= 0.3 is 32.5 Å². The molecule has 0 aliphatic rings. The van der Waals surface area contributed by atoms with Crippen molar-refractivity contribution in [3.63, 3.8) is 0 Å². The molecule has 0 amide bonds. The fraction of sp³-hybridized carbons (Fsp3) is 0.286. The van der Waals surface area contributed by atoms with Gasteiger partial charge in [0.15, 0.2) is 3.57 Å². The monoisotopic (exact) mass is 403 g/mol. The van der Waals surface area contributed by atoms with E-state index in [0.717, 1.165) is 8.14 Å². The Bertz CT molecular complexity index is 709. The molecule has 6 nitrogen and oxygen atoms in total. The summed E-state index contributed by atoms with van der Waals surface area (Å²) in [4.78, 5) is 24.5. The summed E-state index contributed by atoms with van der Waals surface area (Å²) in [5, 5.41) is 0. The topological polar surface area (TPSA) is 62.5 Å². The summed E-state index contributed by atoms with van der Waals surface area (Å²) >= 11 is -0.666. The number of methoxy groups -OCH3 is 2. The smallest absolute Gasteiger partial charge is 0.364 e. The second kappa shape index (κ2) is 7.53. The van der Waals surface area contributed by atoms with Crippen LogP contribution in [-0.4, -0.2) is 23.4 Å². The molecule has 0 saturated carbocycles. The van der Waals surface area contributed by atoms with Crippen molar-refractivity contribution in [2.75, 3.05) is 14.2 Å². The van der Waals surface area contributed by atoms with E-state index in [2.05, 4.69) is 0 Å². The molecule has 112 valence electrons. The fourth-order valence-corrected chi connectivity index (χ4v) is 4.20. The van der Waals surface area contributed by atoms with Gasteiger partial charge in [-0.3, -0.25) is 9.36 Å². The number of halogens is 1.